The van der Waals surface area contributed by atoms with Crippen molar-refractivity contribution in [1.82, 2.24) is 15.3 Å². The molecule has 1 amide bonds. The van der Waals surface area contributed by atoms with Crippen molar-refractivity contribution in [2.24, 2.45) is 11.7 Å². The lowest BCUT2D eigenvalue weighted by atomic mass is 9.72. The summed E-state index contributed by atoms with van der Waals surface area (Å²) in [6.45, 7) is 3.87. The number of para-hydroxylation sites is 1. The number of carbonyl (C=O) groups is 2. The van der Waals surface area contributed by atoms with Gasteiger partial charge in [0.1, 0.15) is 23.5 Å². The van der Waals surface area contributed by atoms with Crippen LogP contribution in [0.4, 0.5) is 5.69 Å². The van der Waals surface area contributed by atoms with Gasteiger partial charge in [0.05, 0.1) is 6.04 Å². The quantitative estimate of drug-likeness (QED) is 0.311. The van der Waals surface area contributed by atoms with Crippen LogP contribution in [0.1, 0.15) is 58.7 Å². The summed E-state index contributed by atoms with van der Waals surface area (Å²) in [5, 5.41) is 16.0. The Morgan fingerprint density at radius 3 is 2.74 bits per heavy atom. The second kappa shape index (κ2) is 8.18. The Hall–Kier alpha value is -4.64. The van der Waals surface area contributed by atoms with E-state index in [1.807, 2.05) is 56.3 Å². The number of anilines is 1. The van der Waals surface area contributed by atoms with Crippen molar-refractivity contribution >= 4 is 17.6 Å². The number of oxazole rings is 2. The number of fused-ring (bicyclic) bond motifs is 4. The van der Waals surface area contributed by atoms with Gasteiger partial charge in [-0.1, -0.05) is 44.2 Å². The van der Waals surface area contributed by atoms with Gasteiger partial charge in [-0.25, -0.2) is 14.8 Å². The smallest absolute Gasteiger partial charge is 0.357 e. The van der Waals surface area contributed by atoms with Crippen LogP contribution in [0, 0.1) is 5.92 Å². The van der Waals surface area contributed by atoms with Crippen LogP contribution >= 0.6 is 0 Å². The van der Waals surface area contributed by atoms with Crippen LogP contribution in [-0.2, 0) is 16.6 Å². The number of aromatic nitrogens is 2. The summed E-state index contributed by atoms with van der Waals surface area (Å²) in [6, 6.07) is 12.2. The first-order valence-electron chi connectivity index (χ1n) is 12.7. The van der Waals surface area contributed by atoms with E-state index >= 15 is 0 Å². The molecule has 2 aromatic carbocycles. The Bertz CT molecular complexity index is 1660. The van der Waals surface area contributed by atoms with Crippen LogP contribution in [0.5, 0.6) is 5.75 Å². The number of nitrogens with two attached hydrogens (primary N) is 1. The van der Waals surface area contributed by atoms with Gasteiger partial charge in [-0.15, -0.1) is 0 Å². The van der Waals surface area contributed by atoms with E-state index in [1.165, 1.54) is 0 Å². The second-order valence-electron chi connectivity index (χ2n) is 10.4. The zero-order chi connectivity index (χ0) is 27.1. The highest BCUT2D eigenvalue weighted by molar-refractivity contribution is 5.86. The van der Waals surface area contributed by atoms with Gasteiger partial charge in [0.15, 0.2) is 23.4 Å². The highest BCUT2D eigenvalue weighted by Gasteiger charge is 2.61. The minimum absolute atomic E-state index is 0.0140. The lowest BCUT2D eigenvalue weighted by molar-refractivity contribution is -0.123. The molecule has 7 rings (SSSR count). The van der Waals surface area contributed by atoms with Crippen molar-refractivity contribution < 1.29 is 28.3 Å². The normalized spacial score (nSPS) is 24.6. The first-order chi connectivity index (χ1) is 18.8. The summed E-state index contributed by atoms with van der Waals surface area (Å²) in [7, 11) is 0. The Balaban J connectivity index is 1.58. The van der Waals surface area contributed by atoms with Crippen LogP contribution in [0.2, 0.25) is 0 Å². The maximum Gasteiger partial charge on any atom is 0.357 e. The number of carbonyl (C=O) groups excluding carboxylic acids is 1. The zero-order valence-corrected chi connectivity index (χ0v) is 21.1. The molecule has 3 aliphatic heterocycles. The van der Waals surface area contributed by atoms with Crippen molar-refractivity contribution in [3.63, 3.8) is 0 Å². The van der Waals surface area contributed by atoms with Crippen LogP contribution in [0.3, 0.4) is 0 Å². The van der Waals surface area contributed by atoms with Crippen LogP contribution in [0.25, 0.3) is 11.6 Å². The van der Waals surface area contributed by atoms with Crippen molar-refractivity contribution in [1.29, 1.82) is 0 Å². The summed E-state index contributed by atoms with van der Waals surface area (Å²) in [5.41, 5.74) is 8.72. The average molecular weight is 528 g/mol. The van der Waals surface area contributed by atoms with E-state index in [-0.39, 0.29) is 35.0 Å². The summed E-state index contributed by atoms with van der Waals surface area (Å²) in [6.07, 6.45) is 0.788. The van der Waals surface area contributed by atoms with E-state index in [4.69, 9.17) is 24.3 Å². The zero-order valence-electron chi connectivity index (χ0n) is 21.1. The molecule has 5 N–H and O–H groups in total. The summed E-state index contributed by atoms with van der Waals surface area (Å²) in [4.78, 5) is 33.8. The third-order valence-corrected chi connectivity index (χ3v) is 7.70. The van der Waals surface area contributed by atoms with Crippen molar-refractivity contribution in [2.45, 2.75) is 44.0 Å². The number of hydrogen-bond acceptors (Lipinski definition) is 9. The molecule has 0 saturated heterocycles. The van der Waals surface area contributed by atoms with Crippen LogP contribution in [0.15, 0.2) is 57.6 Å². The number of aromatic carboxylic acids is 1. The Morgan fingerprint density at radius 2 is 1.97 bits per heavy atom. The molecule has 39 heavy (non-hydrogen) atoms. The number of hydrogen-bond donors (Lipinski definition) is 4. The monoisotopic (exact) mass is 527 g/mol. The standard InChI is InChI=1S/C28H25N5O6/c1-12(2)20-25-33-21(24-30-18(11-37-24)26(35)36)22(39-25)28-14-5-3-4-6-17(14)31-27(28)38-19-8-7-13(9-15(19)28)10-16(29)23(34)32-20/h3-9,11-12,16,20,27,31H,10,29H2,1-2H3,(H,32,34)(H,35,36)/t16-,20-,27?,28?/m0/s1. The molecule has 1 spiro atoms. The number of rotatable bonds is 3. The number of ether oxygens (including phenoxy) is 1. The van der Waals surface area contributed by atoms with Gasteiger partial charge in [0, 0.05) is 11.3 Å². The van der Waals surface area contributed by atoms with Gasteiger partial charge in [0.25, 0.3) is 0 Å². The number of amides is 1. The fourth-order valence-electron chi connectivity index (χ4n) is 5.84. The van der Waals surface area contributed by atoms with Gasteiger partial charge in [-0.05, 0) is 35.6 Å². The van der Waals surface area contributed by atoms with Gasteiger partial charge in [-0.3, -0.25) is 4.79 Å². The van der Waals surface area contributed by atoms with Crippen LogP contribution < -0.4 is 21.1 Å². The van der Waals surface area contributed by atoms with E-state index in [1.54, 1.807) is 0 Å². The summed E-state index contributed by atoms with van der Waals surface area (Å²) in [5.74, 6) is -0.447. The highest BCUT2D eigenvalue weighted by atomic mass is 16.5. The summed E-state index contributed by atoms with van der Waals surface area (Å²) < 4.78 is 18.7. The van der Waals surface area contributed by atoms with E-state index in [2.05, 4.69) is 15.6 Å². The van der Waals surface area contributed by atoms with E-state index < -0.39 is 29.7 Å². The van der Waals surface area contributed by atoms with E-state index in [0.717, 1.165) is 28.6 Å². The van der Waals surface area contributed by atoms with Crippen molar-refractivity contribution in [2.75, 3.05) is 5.32 Å². The molecular weight excluding hydrogens is 502 g/mol. The lowest BCUT2D eigenvalue weighted by Crippen LogP contribution is -2.45. The highest BCUT2D eigenvalue weighted by Crippen LogP contribution is 2.59. The number of benzene rings is 2. The Labute approximate surface area is 222 Å². The van der Waals surface area contributed by atoms with Crippen molar-refractivity contribution in [3.8, 4) is 17.3 Å². The molecular formula is C28H25N5O6. The molecule has 4 bridgehead atoms. The third-order valence-electron chi connectivity index (χ3n) is 7.70. The molecule has 0 fully saturated rings. The third kappa shape index (κ3) is 3.26. The van der Waals surface area contributed by atoms with E-state index in [0.29, 0.717) is 17.9 Å². The molecule has 0 radical (unpaired) electrons. The Morgan fingerprint density at radius 1 is 1.15 bits per heavy atom. The minimum atomic E-state index is -1.23. The van der Waals surface area contributed by atoms with Gasteiger partial charge in [0.2, 0.25) is 17.7 Å². The van der Waals surface area contributed by atoms with Gasteiger partial charge >= 0.3 is 5.97 Å². The predicted molar refractivity (Wildman–Crippen MR) is 137 cm³/mol. The average Bonchev–Trinajstić information content (AvgIpc) is 3.67. The maximum absolute atomic E-state index is 13.1. The van der Waals surface area contributed by atoms with Gasteiger partial charge < -0.3 is 35.0 Å². The molecule has 2 aromatic heterocycles. The SMILES string of the molecule is CC(C)[C@@H]1NC(=O)[C@@H](N)Cc2ccc3c(c2)C2(c4ccccc4NC2O3)c2oc1nc2-c1nc(C(=O)O)co1. The fourth-order valence-corrected chi connectivity index (χ4v) is 5.84. The van der Waals surface area contributed by atoms with Gasteiger partial charge in [-0.2, -0.15) is 0 Å². The van der Waals surface area contributed by atoms with E-state index in [9.17, 15) is 14.7 Å². The van der Waals surface area contributed by atoms with Crippen LogP contribution in [-0.4, -0.2) is 39.2 Å². The fraction of sp³-hybridized carbons (Fsp3) is 0.286. The predicted octanol–water partition coefficient (Wildman–Crippen LogP) is 3.20. The molecule has 0 saturated carbocycles. The van der Waals surface area contributed by atoms with Crippen molar-refractivity contribution in [3.05, 3.63) is 82.8 Å². The minimum Gasteiger partial charge on any atom is -0.476 e. The number of nitrogens with one attached hydrogen (secondary N) is 2. The lowest BCUT2D eigenvalue weighted by Gasteiger charge is -2.28. The summed E-state index contributed by atoms with van der Waals surface area (Å²) >= 11 is 0. The number of carboxylic acid groups (broad SMARTS) is 1. The second-order valence-corrected chi connectivity index (χ2v) is 10.4. The molecule has 198 valence electrons. The number of carboxylic acids is 1. The molecule has 3 aliphatic rings. The molecule has 11 heteroatoms. The molecule has 4 atom stereocenters. The number of nitrogens with zero attached hydrogens (tertiary/aromatic N) is 2. The molecule has 11 nitrogen and oxygen atoms in total. The topological polar surface area (TPSA) is 166 Å². The Kier molecular flexibility index (Phi) is 4.92. The molecule has 4 aromatic rings. The molecule has 0 aliphatic carbocycles. The first-order valence-corrected chi connectivity index (χ1v) is 12.7. The maximum atomic E-state index is 13.1. The molecule has 5 heterocycles. The largest absolute Gasteiger partial charge is 0.476 e. The first kappa shape index (κ1) is 23.5. The molecule has 2 unspecified atom stereocenters.